The van der Waals surface area contributed by atoms with Gasteiger partial charge in [0.25, 0.3) is 0 Å². The van der Waals surface area contributed by atoms with Gasteiger partial charge in [-0.3, -0.25) is 4.79 Å². The lowest BCUT2D eigenvalue weighted by Crippen LogP contribution is -2.02. The summed E-state index contributed by atoms with van der Waals surface area (Å²) in [7, 11) is 1.41. The Balaban J connectivity index is 2.13. The molecule has 0 heterocycles. The highest BCUT2D eigenvalue weighted by Gasteiger charge is 2.03. The van der Waals surface area contributed by atoms with Gasteiger partial charge in [0.15, 0.2) is 0 Å². The van der Waals surface area contributed by atoms with Crippen LogP contribution >= 0.6 is 11.8 Å². The standard InChI is InChI=1S/C15H14O2S/c1-17-15(16)11-18-14-9-5-8-13(10-14)12-6-3-2-4-7-12/h2-10H,11H2,1H3. The maximum absolute atomic E-state index is 11.1. The first-order chi connectivity index (χ1) is 8.79. The fraction of sp³-hybridized carbons (Fsp3) is 0.133. The summed E-state index contributed by atoms with van der Waals surface area (Å²) >= 11 is 1.49. The van der Waals surface area contributed by atoms with Gasteiger partial charge in [-0.1, -0.05) is 42.5 Å². The maximum atomic E-state index is 11.1. The van der Waals surface area contributed by atoms with Crippen LogP contribution in [0.1, 0.15) is 0 Å². The van der Waals surface area contributed by atoms with E-state index in [4.69, 9.17) is 0 Å². The van der Waals surface area contributed by atoms with Gasteiger partial charge in [0.1, 0.15) is 0 Å². The molecule has 0 aliphatic heterocycles. The first-order valence-corrected chi connectivity index (χ1v) is 6.63. The zero-order chi connectivity index (χ0) is 12.8. The van der Waals surface area contributed by atoms with Crippen molar-refractivity contribution in [1.82, 2.24) is 0 Å². The molecular formula is C15H14O2S. The van der Waals surface area contributed by atoms with Crippen LogP contribution in [0.25, 0.3) is 11.1 Å². The van der Waals surface area contributed by atoms with Gasteiger partial charge in [0.2, 0.25) is 0 Å². The number of carbonyl (C=O) groups is 1. The molecule has 0 aromatic heterocycles. The Kier molecular flexibility index (Phi) is 4.42. The predicted octanol–water partition coefficient (Wildman–Crippen LogP) is 3.62. The number of rotatable bonds is 4. The van der Waals surface area contributed by atoms with Gasteiger partial charge < -0.3 is 4.74 Å². The molecule has 2 nitrogen and oxygen atoms in total. The van der Waals surface area contributed by atoms with Gasteiger partial charge in [-0.15, -0.1) is 11.8 Å². The summed E-state index contributed by atoms with van der Waals surface area (Å²) in [6.07, 6.45) is 0. The quantitative estimate of drug-likeness (QED) is 0.619. The summed E-state index contributed by atoms with van der Waals surface area (Å²) in [5, 5.41) is 0. The largest absolute Gasteiger partial charge is 0.468 e. The minimum Gasteiger partial charge on any atom is -0.468 e. The van der Waals surface area contributed by atoms with Crippen LogP contribution in [0, 0.1) is 0 Å². The van der Waals surface area contributed by atoms with Gasteiger partial charge in [-0.05, 0) is 23.3 Å². The Morgan fingerprint density at radius 2 is 1.78 bits per heavy atom. The van der Waals surface area contributed by atoms with Crippen molar-refractivity contribution in [2.75, 3.05) is 12.9 Å². The van der Waals surface area contributed by atoms with Crippen LogP contribution in [0.5, 0.6) is 0 Å². The van der Waals surface area contributed by atoms with Gasteiger partial charge in [0, 0.05) is 4.90 Å². The second kappa shape index (κ2) is 6.26. The van der Waals surface area contributed by atoms with Crippen molar-refractivity contribution in [1.29, 1.82) is 0 Å². The lowest BCUT2D eigenvalue weighted by molar-refractivity contribution is -0.137. The third-order valence-corrected chi connectivity index (χ3v) is 3.49. The van der Waals surface area contributed by atoms with E-state index in [1.165, 1.54) is 24.4 Å². The number of thioether (sulfide) groups is 1. The molecule has 2 aromatic rings. The average molecular weight is 258 g/mol. The lowest BCUT2D eigenvalue weighted by Gasteiger charge is -2.05. The number of hydrogen-bond acceptors (Lipinski definition) is 3. The summed E-state index contributed by atoms with van der Waals surface area (Å²) in [6.45, 7) is 0. The highest BCUT2D eigenvalue weighted by atomic mass is 32.2. The normalized spacial score (nSPS) is 10.1. The number of ether oxygens (including phenoxy) is 1. The van der Waals surface area contributed by atoms with E-state index in [0.29, 0.717) is 5.75 Å². The van der Waals surface area contributed by atoms with Crippen LogP contribution in [-0.2, 0) is 9.53 Å². The molecule has 0 saturated carbocycles. The SMILES string of the molecule is COC(=O)CSc1cccc(-c2ccccc2)c1. The first-order valence-electron chi connectivity index (χ1n) is 5.64. The van der Waals surface area contributed by atoms with E-state index in [1.54, 1.807) is 0 Å². The van der Waals surface area contributed by atoms with E-state index in [9.17, 15) is 4.79 Å². The maximum Gasteiger partial charge on any atom is 0.315 e. The van der Waals surface area contributed by atoms with Crippen LogP contribution in [-0.4, -0.2) is 18.8 Å². The number of esters is 1. The number of benzene rings is 2. The molecule has 0 atom stereocenters. The lowest BCUT2D eigenvalue weighted by atomic mass is 10.1. The Bertz CT molecular complexity index is 523. The number of methoxy groups -OCH3 is 1. The van der Waals surface area contributed by atoms with Crippen LogP contribution in [0.15, 0.2) is 59.5 Å². The third kappa shape index (κ3) is 3.37. The summed E-state index contributed by atoms with van der Waals surface area (Å²) in [5.41, 5.74) is 2.34. The van der Waals surface area contributed by atoms with E-state index < -0.39 is 0 Å². The van der Waals surface area contributed by atoms with E-state index in [2.05, 4.69) is 29.0 Å². The smallest absolute Gasteiger partial charge is 0.315 e. The van der Waals surface area contributed by atoms with Gasteiger partial charge in [-0.25, -0.2) is 0 Å². The van der Waals surface area contributed by atoms with Gasteiger partial charge >= 0.3 is 5.97 Å². The van der Waals surface area contributed by atoms with Crippen molar-refractivity contribution < 1.29 is 9.53 Å². The van der Waals surface area contributed by atoms with Crippen molar-refractivity contribution in [3.05, 3.63) is 54.6 Å². The van der Waals surface area contributed by atoms with Crippen LogP contribution in [0.2, 0.25) is 0 Å². The van der Waals surface area contributed by atoms with Crippen LogP contribution < -0.4 is 0 Å². The van der Waals surface area contributed by atoms with Crippen molar-refractivity contribution in [3.63, 3.8) is 0 Å². The molecule has 0 aliphatic rings. The highest BCUT2D eigenvalue weighted by molar-refractivity contribution is 8.00. The van der Waals surface area contributed by atoms with Crippen molar-refractivity contribution in [2.45, 2.75) is 4.90 Å². The van der Waals surface area contributed by atoms with Gasteiger partial charge in [-0.2, -0.15) is 0 Å². The molecule has 0 unspecified atom stereocenters. The summed E-state index contributed by atoms with van der Waals surface area (Å²) in [6, 6.07) is 18.3. The summed E-state index contributed by atoms with van der Waals surface area (Å²) in [4.78, 5) is 12.2. The third-order valence-electron chi connectivity index (χ3n) is 2.53. The zero-order valence-electron chi connectivity index (χ0n) is 10.1. The molecular weight excluding hydrogens is 244 g/mol. The van der Waals surface area contributed by atoms with E-state index in [1.807, 2.05) is 30.3 Å². The van der Waals surface area contributed by atoms with Crippen molar-refractivity contribution in [2.24, 2.45) is 0 Å². The van der Waals surface area contributed by atoms with Crippen LogP contribution in [0.3, 0.4) is 0 Å². The van der Waals surface area contributed by atoms with Gasteiger partial charge in [0.05, 0.1) is 12.9 Å². The number of carbonyl (C=O) groups excluding carboxylic acids is 1. The molecule has 2 rings (SSSR count). The molecule has 0 amide bonds. The average Bonchev–Trinajstić information content (AvgIpc) is 2.46. The Hall–Kier alpha value is -1.74. The first kappa shape index (κ1) is 12.7. The second-order valence-corrected chi connectivity index (χ2v) is 4.81. The molecule has 0 radical (unpaired) electrons. The Morgan fingerprint density at radius 1 is 1.06 bits per heavy atom. The molecule has 0 N–H and O–H groups in total. The predicted molar refractivity (Wildman–Crippen MR) is 74.6 cm³/mol. The van der Waals surface area contributed by atoms with E-state index in [0.717, 1.165) is 10.5 Å². The zero-order valence-corrected chi connectivity index (χ0v) is 10.9. The molecule has 2 aromatic carbocycles. The molecule has 92 valence electrons. The molecule has 0 bridgehead atoms. The molecule has 0 fully saturated rings. The minimum atomic E-state index is -0.204. The van der Waals surface area contributed by atoms with Crippen molar-refractivity contribution in [3.8, 4) is 11.1 Å². The Morgan fingerprint density at radius 3 is 2.50 bits per heavy atom. The van der Waals surface area contributed by atoms with Crippen LogP contribution in [0.4, 0.5) is 0 Å². The molecule has 18 heavy (non-hydrogen) atoms. The monoisotopic (exact) mass is 258 g/mol. The van der Waals surface area contributed by atoms with E-state index >= 15 is 0 Å². The molecule has 0 spiro atoms. The molecule has 0 aliphatic carbocycles. The number of hydrogen-bond donors (Lipinski definition) is 0. The second-order valence-electron chi connectivity index (χ2n) is 3.76. The summed E-state index contributed by atoms with van der Waals surface area (Å²) in [5.74, 6) is 0.138. The fourth-order valence-corrected chi connectivity index (χ4v) is 2.38. The highest BCUT2D eigenvalue weighted by Crippen LogP contribution is 2.25. The molecule has 0 saturated heterocycles. The molecule has 3 heteroatoms. The minimum absolute atomic E-state index is 0.204. The Labute approximate surface area is 111 Å². The summed E-state index contributed by atoms with van der Waals surface area (Å²) < 4.78 is 4.63. The topological polar surface area (TPSA) is 26.3 Å². The van der Waals surface area contributed by atoms with E-state index in [-0.39, 0.29) is 5.97 Å². The fourth-order valence-electron chi connectivity index (χ4n) is 1.60. The van der Waals surface area contributed by atoms with Crippen molar-refractivity contribution >= 4 is 17.7 Å².